The molecule has 450 valence electrons. The third-order valence-corrected chi connectivity index (χ3v) is 18.2. The molecule has 0 aromatic heterocycles. The number of rotatable bonds is 64. The van der Waals surface area contributed by atoms with E-state index in [0.29, 0.717) is 0 Å². The molecule has 75 heavy (non-hydrogen) atoms. The molecule has 0 saturated carbocycles. The van der Waals surface area contributed by atoms with Gasteiger partial charge >= 0.3 is 0 Å². The zero-order chi connectivity index (χ0) is 53.8. The van der Waals surface area contributed by atoms with Gasteiger partial charge < -0.3 is 19.6 Å². The molecule has 4 nitrogen and oxygen atoms in total. The van der Waals surface area contributed by atoms with Gasteiger partial charge in [0.15, 0.2) is 0 Å². The summed E-state index contributed by atoms with van der Waals surface area (Å²) >= 11 is 0. The molecule has 0 atom stereocenters. The maximum absolute atomic E-state index is 2.94. The molecule has 1 rings (SSSR count). The van der Waals surface area contributed by atoms with Crippen molar-refractivity contribution in [2.24, 2.45) is 5.92 Å². The maximum Gasteiger partial charge on any atom is 0.0110 e. The Morgan fingerprint density at radius 2 is 0.427 bits per heavy atom. The fraction of sp³-hybridized carbons (Fsp3) is 1.00. The van der Waals surface area contributed by atoms with Crippen LogP contribution in [0, 0.1) is 5.92 Å². The largest absolute Gasteiger partial charge is 0.303 e. The van der Waals surface area contributed by atoms with E-state index in [1.807, 2.05) is 0 Å². The molecule has 0 N–H and O–H groups in total. The number of unbranched alkanes of at least 4 members (excludes halogenated alkanes) is 45. The van der Waals surface area contributed by atoms with Crippen molar-refractivity contribution in [1.29, 1.82) is 0 Å². The monoisotopic (exact) mass is 1060 g/mol. The summed E-state index contributed by atoms with van der Waals surface area (Å²) in [4.78, 5) is 11.7. The van der Waals surface area contributed by atoms with Crippen LogP contribution in [0.25, 0.3) is 0 Å². The lowest BCUT2D eigenvalue weighted by atomic mass is 9.93. The molecule has 1 fully saturated rings. The standard InChI is InChI=1S/C71H146N4/c1-6-11-16-21-26-31-36-41-46-51-59-72(60-52-47-42-37-32-27-22-17-12-7-2)64-56-71-57-65-75(66-58-71)70-69-74(63-55-50-45-40-35-30-25-20-15-10-5)68-67-73(61-53-48-43-38-33-28-23-18-13-8-3)62-54-49-44-39-34-29-24-19-14-9-4/h71H,6-70H2,1-5H3. The summed E-state index contributed by atoms with van der Waals surface area (Å²) in [6, 6.07) is 0. The first-order valence-electron chi connectivity index (χ1n) is 36.1. The molecule has 0 aromatic carbocycles. The van der Waals surface area contributed by atoms with Crippen molar-refractivity contribution in [1.82, 2.24) is 19.6 Å². The Bertz CT molecular complexity index is 978. The van der Waals surface area contributed by atoms with Crippen LogP contribution < -0.4 is 0 Å². The van der Waals surface area contributed by atoms with Crippen molar-refractivity contribution >= 4 is 0 Å². The van der Waals surface area contributed by atoms with Crippen LogP contribution in [0.1, 0.15) is 375 Å². The van der Waals surface area contributed by atoms with Gasteiger partial charge in [0.25, 0.3) is 0 Å². The smallest absolute Gasteiger partial charge is 0.0110 e. The van der Waals surface area contributed by atoms with Crippen LogP contribution in [0.15, 0.2) is 0 Å². The molecule has 1 heterocycles. The van der Waals surface area contributed by atoms with Crippen LogP contribution in [0.4, 0.5) is 0 Å². The molecule has 1 aliphatic heterocycles. The third-order valence-electron chi connectivity index (χ3n) is 18.2. The van der Waals surface area contributed by atoms with Gasteiger partial charge in [0, 0.05) is 26.2 Å². The Morgan fingerprint density at radius 1 is 0.227 bits per heavy atom. The van der Waals surface area contributed by atoms with Crippen molar-refractivity contribution in [3.8, 4) is 0 Å². The zero-order valence-corrected chi connectivity index (χ0v) is 53.3. The van der Waals surface area contributed by atoms with Crippen LogP contribution in [0.5, 0.6) is 0 Å². The number of likely N-dealkylation sites (tertiary alicyclic amines) is 1. The van der Waals surface area contributed by atoms with E-state index in [1.165, 1.54) is 419 Å². The summed E-state index contributed by atoms with van der Waals surface area (Å²) < 4.78 is 0. The molecule has 4 heteroatoms. The first kappa shape index (κ1) is 72.9. The Labute approximate surface area is 476 Å². The Hall–Kier alpha value is -0.160. The van der Waals surface area contributed by atoms with Gasteiger partial charge in [-0.3, -0.25) is 0 Å². The van der Waals surface area contributed by atoms with Gasteiger partial charge in [-0.25, -0.2) is 0 Å². The van der Waals surface area contributed by atoms with Gasteiger partial charge in [-0.15, -0.1) is 0 Å². The number of piperidine rings is 1. The minimum atomic E-state index is 0.942. The van der Waals surface area contributed by atoms with Gasteiger partial charge in [-0.05, 0) is 110 Å². The summed E-state index contributed by atoms with van der Waals surface area (Å²) in [7, 11) is 0. The van der Waals surface area contributed by atoms with Crippen LogP contribution in [0.3, 0.4) is 0 Å². The van der Waals surface area contributed by atoms with Crippen molar-refractivity contribution in [3.63, 3.8) is 0 Å². The SMILES string of the molecule is CCCCCCCCCCCCN(CCCCCCCCCCCC)CCC1CCN(CCN(CCCCCCCCCCCC)CCN(CCCCCCCCCCCC)CCCCCCCCCCCC)CC1. The van der Waals surface area contributed by atoms with Gasteiger partial charge in [0.1, 0.15) is 0 Å². The molecular weight excluding hydrogens is 909 g/mol. The number of nitrogens with zero attached hydrogens (tertiary/aromatic N) is 4. The average Bonchev–Trinajstić information content (AvgIpc) is 3.42. The predicted molar refractivity (Wildman–Crippen MR) is 342 cm³/mol. The molecule has 1 aliphatic rings. The van der Waals surface area contributed by atoms with Crippen LogP contribution in [-0.4, -0.2) is 98.1 Å². The van der Waals surface area contributed by atoms with E-state index < -0.39 is 0 Å². The van der Waals surface area contributed by atoms with Crippen molar-refractivity contribution in [2.45, 2.75) is 375 Å². The fourth-order valence-corrected chi connectivity index (χ4v) is 12.6. The highest BCUT2D eigenvalue weighted by molar-refractivity contribution is 4.76. The molecule has 0 amide bonds. The molecule has 0 spiro atoms. The lowest BCUT2D eigenvalue weighted by Gasteiger charge is -2.35. The van der Waals surface area contributed by atoms with E-state index in [1.54, 1.807) is 0 Å². The fourth-order valence-electron chi connectivity index (χ4n) is 12.6. The Kier molecular flexibility index (Phi) is 59.7. The van der Waals surface area contributed by atoms with Gasteiger partial charge in [-0.2, -0.15) is 0 Å². The third kappa shape index (κ3) is 52.9. The highest BCUT2D eigenvalue weighted by Gasteiger charge is 2.21. The van der Waals surface area contributed by atoms with Gasteiger partial charge in [0.2, 0.25) is 0 Å². The normalized spacial score (nSPS) is 13.8. The van der Waals surface area contributed by atoms with E-state index in [4.69, 9.17) is 0 Å². The van der Waals surface area contributed by atoms with E-state index in [2.05, 4.69) is 54.2 Å². The highest BCUT2D eigenvalue weighted by Crippen LogP contribution is 2.23. The summed E-state index contributed by atoms with van der Waals surface area (Å²) in [5.41, 5.74) is 0. The summed E-state index contributed by atoms with van der Waals surface area (Å²) in [5.74, 6) is 0.942. The van der Waals surface area contributed by atoms with Crippen molar-refractivity contribution < 1.29 is 0 Å². The molecule has 0 aliphatic carbocycles. The minimum absolute atomic E-state index is 0.942. The quantitative estimate of drug-likeness (QED) is 0.0563. The number of hydrogen-bond donors (Lipinski definition) is 0. The van der Waals surface area contributed by atoms with Gasteiger partial charge in [0.05, 0.1) is 0 Å². The Balaban J connectivity index is 2.72. The summed E-state index contributed by atoms with van der Waals surface area (Å²) in [6.07, 6.45) is 76.6. The van der Waals surface area contributed by atoms with Crippen LogP contribution in [-0.2, 0) is 0 Å². The molecular formula is C71H146N4. The Morgan fingerprint density at radius 3 is 0.667 bits per heavy atom. The second-order valence-electron chi connectivity index (χ2n) is 25.5. The van der Waals surface area contributed by atoms with E-state index in [9.17, 15) is 0 Å². The zero-order valence-electron chi connectivity index (χ0n) is 53.3. The van der Waals surface area contributed by atoms with Gasteiger partial charge in [-0.1, -0.05) is 324 Å². The molecule has 0 aromatic rings. The minimum Gasteiger partial charge on any atom is -0.303 e. The van der Waals surface area contributed by atoms with Crippen molar-refractivity contribution in [2.75, 3.05) is 78.5 Å². The molecule has 0 radical (unpaired) electrons. The van der Waals surface area contributed by atoms with Crippen molar-refractivity contribution in [3.05, 3.63) is 0 Å². The highest BCUT2D eigenvalue weighted by atomic mass is 15.2. The average molecular weight is 1060 g/mol. The second kappa shape index (κ2) is 61.5. The van der Waals surface area contributed by atoms with E-state index >= 15 is 0 Å². The lowest BCUT2D eigenvalue weighted by molar-refractivity contribution is 0.134. The first-order chi connectivity index (χ1) is 37.2. The number of hydrogen-bond acceptors (Lipinski definition) is 4. The predicted octanol–water partition coefficient (Wildman–Crippen LogP) is 22.6. The first-order valence-corrected chi connectivity index (χ1v) is 36.1. The summed E-state index contributed by atoms with van der Waals surface area (Å²) in [5, 5.41) is 0. The second-order valence-corrected chi connectivity index (χ2v) is 25.5. The van der Waals surface area contributed by atoms with Crippen LogP contribution in [0.2, 0.25) is 0 Å². The molecule has 0 bridgehead atoms. The summed E-state index contributed by atoms with van der Waals surface area (Å²) in [6.45, 7) is 27.6. The van der Waals surface area contributed by atoms with E-state index in [0.717, 1.165) is 5.92 Å². The topological polar surface area (TPSA) is 13.0 Å². The van der Waals surface area contributed by atoms with E-state index in [-0.39, 0.29) is 0 Å². The molecule has 1 saturated heterocycles. The lowest BCUT2D eigenvalue weighted by Crippen LogP contribution is -2.43. The van der Waals surface area contributed by atoms with Crippen LogP contribution >= 0.6 is 0 Å². The maximum atomic E-state index is 2.94. The molecule has 0 unspecified atom stereocenters.